The molecule has 0 amide bonds. The summed E-state index contributed by atoms with van der Waals surface area (Å²) < 4.78 is 0. The van der Waals surface area contributed by atoms with Gasteiger partial charge in [-0.2, -0.15) is 0 Å². The van der Waals surface area contributed by atoms with Gasteiger partial charge in [-0.1, -0.05) is 0 Å². The first-order chi connectivity index (χ1) is 8.66. The molecule has 0 heterocycles. The number of hydrogen-bond donors (Lipinski definition) is 5. The van der Waals surface area contributed by atoms with Gasteiger partial charge in [-0.15, -0.1) is 0 Å². The Morgan fingerprint density at radius 3 is 0.375 bits per heavy atom. The van der Waals surface area contributed by atoms with Crippen molar-refractivity contribution in [3.63, 3.8) is 0 Å². The van der Waals surface area contributed by atoms with Crippen LogP contribution in [0.2, 0.25) is 0 Å². The molecule has 24 heavy (non-hydrogen) atoms. The number of carboxylic acids is 5. The summed E-state index contributed by atoms with van der Waals surface area (Å²) in [6.45, 7) is 5.42. The van der Waals surface area contributed by atoms with Crippen molar-refractivity contribution in [2.45, 2.75) is 34.6 Å². The zero-order chi connectivity index (χ0) is 17.9. The Balaban J connectivity index is -0.0000000161. The first-order valence-electron chi connectivity index (χ1n) is 4.64. The monoisotopic (exact) mass is 392 g/mol. The maximum absolute atomic E-state index is 9.00. The summed E-state index contributed by atoms with van der Waals surface area (Å²) in [5.74, 6) is -4.17. The zero-order valence-electron chi connectivity index (χ0n) is 15.8. The standard InChI is InChI=1S/5C2H4O2.4Na/c5*1-2(3)4;;;;/h5*1H3,(H,3,4);;;;. The Hall–Kier alpha value is 1.35. The van der Waals surface area contributed by atoms with Crippen LogP contribution < -0.4 is 0 Å². The molecule has 0 aliphatic heterocycles. The molecular weight excluding hydrogens is 372 g/mol. The van der Waals surface area contributed by atoms with Gasteiger partial charge in [0, 0.05) is 153 Å². The molecule has 0 aliphatic rings. The molecule has 4 radical (unpaired) electrons. The molecule has 0 saturated heterocycles. The normalized spacial score (nSPS) is 5.21. The van der Waals surface area contributed by atoms with Gasteiger partial charge in [-0.05, 0) is 0 Å². The third-order valence-electron chi connectivity index (χ3n) is 0. The van der Waals surface area contributed by atoms with Gasteiger partial charge in [-0.3, -0.25) is 24.0 Å². The Kier molecular flexibility index (Phi) is 116. The molecule has 5 N–H and O–H groups in total. The van der Waals surface area contributed by atoms with Gasteiger partial charge in [0.05, 0.1) is 0 Å². The summed E-state index contributed by atoms with van der Waals surface area (Å²) >= 11 is 0. The third-order valence-corrected chi connectivity index (χ3v) is 0. The van der Waals surface area contributed by atoms with Gasteiger partial charge in [0.25, 0.3) is 29.8 Å². The number of hydrogen-bond acceptors (Lipinski definition) is 5. The summed E-state index contributed by atoms with van der Waals surface area (Å²) in [5, 5.41) is 37.1. The van der Waals surface area contributed by atoms with E-state index >= 15 is 0 Å². The average molecular weight is 392 g/mol. The number of carbonyl (C=O) groups is 5. The Bertz CT molecular complexity index is 220. The van der Waals surface area contributed by atoms with Crippen molar-refractivity contribution in [1.29, 1.82) is 0 Å². The predicted octanol–water partition coefficient (Wildman–Crippen LogP) is -1.07. The van der Waals surface area contributed by atoms with E-state index in [1.807, 2.05) is 0 Å². The SMILES string of the molecule is CC(=O)O.CC(=O)O.CC(=O)O.CC(=O)O.CC(=O)O.[Na].[Na].[Na].[Na]. The predicted molar refractivity (Wildman–Crippen MR) is 89.6 cm³/mol. The molecule has 0 rings (SSSR count). The molecule has 0 atom stereocenters. The van der Waals surface area contributed by atoms with E-state index in [4.69, 9.17) is 49.5 Å². The minimum atomic E-state index is -0.833. The fourth-order valence-electron chi connectivity index (χ4n) is 0. The van der Waals surface area contributed by atoms with E-state index in [-0.39, 0.29) is 118 Å². The van der Waals surface area contributed by atoms with E-state index in [1.54, 1.807) is 0 Å². The smallest absolute Gasteiger partial charge is 0.300 e. The van der Waals surface area contributed by atoms with E-state index in [0.29, 0.717) is 0 Å². The largest absolute Gasteiger partial charge is 0.481 e. The van der Waals surface area contributed by atoms with Crippen LogP contribution in [-0.2, 0) is 24.0 Å². The van der Waals surface area contributed by atoms with Gasteiger partial charge in [0.2, 0.25) is 0 Å². The van der Waals surface area contributed by atoms with Gasteiger partial charge in [0.15, 0.2) is 0 Å². The number of aliphatic carboxylic acids is 5. The molecule has 0 unspecified atom stereocenters. The van der Waals surface area contributed by atoms with Crippen molar-refractivity contribution in [3.05, 3.63) is 0 Å². The second kappa shape index (κ2) is 49.7. The summed E-state index contributed by atoms with van der Waals surface area (Å²) in [5.41, 5.74) is 0. The topological polar surface area (TPSA) is 186 Å². The van der Waals surface area contributed by atoms with Crippen molar-refractivity contribution in [2.24, 2.45) is 0 Å². The summed E-state index contributed by atoms with van der Waals surface area (Å²) in [6, 6.07) is 0. The molecule has 0 saturated carbocycles. The molecule has 0 aromatic heterocycles. The van der Waals surface area contributed by atoms with Crippen molar-refractivity contribution < 1.29 is 49.5 Å². The van der Waals surface area contributed by atoms with Crippen LogP contribution in [-0.4, -0.2) is 174 Å². The Morgan fingerprint density at radius 2 is 0.375 bits per heavy atom. The van der Waals surface area contributed by atoms with Crippen LogP contribution in [0.5, 0.6) is 0 Å². The molecule has 0 spiro atoms. The quantitative estimate of drug-likeness (QED) is 0.318. The molecule has 10 nitrogen and oxygen atoms in total. The number of carboxylic acid groups (broad SMARTS) is 5. The van der Waals surface area contributed by atoms with Crippen molar-refractivity contribution in [3.8, 4) is 0 Å². The maximum atomic E-state index is 9.00. The van der Waals surface area contributed by atoms with Gasteiger partial charge in [0.1, 0.15) is 0 Å². The number of rotatable bonds is 0. The minimum absolute atomic E-state index is 0. The third kappa shape index (κ3) is 6400. The molecule has 0 bridgehead atoms. The maximum Gasteiger partial charge on any atom is 0.300 e. The molecule has 0 aliphatic carbocycles. The summed E-state index contributed by atoms with van der Waals surface area (Å²) in [6.07, 6.45) is 0. The molecule has 0 aromatic carbocycles. The fraction of sp³-hybridized carbons (Fsp3) is 0.500. The van der Waals surface area contributed by atoms with E-state index in [2.05, 4.69) is 0 Å². The van der Waals surface area contributed by atoms with Gasteiger partial charge < -0.3 is 25.5 Å². The molecule has 14 heteroatoms. The molecule has 124 valence electrons. The van der Waals surface area contributed by atoms with Crippen molar-refractivity contribution in [1.82, 2.24) is 0 Å². The second-order valence-electron chi connectivity index (χ2n) is 2.60. The van der Waals surface area contributed by atoms with E-state index in [0.717, 1.165) is 34.6 Å². The van der Waals surface area contributed by atoms with Crippen molar-refractivity contribution in [2.75, 3.05) is 0 Å². The Morgan fingerprint density at radius 1 is 0.375 bits per heavy atom. The van der Waals surface area contributed by atoms with E-state index in [1.165, 1.54) is 0 Å². The summed E-state index contributed by atoms with van der Waals surface area (Å²) in [7, 11) is 0. The van der Waals surface area contributed by atoms with Crippen LogP contribution in [0.15, 0.2) is 0 Å². The fourth-order valence-corrected chi connectivity index (χ4v) is 0. The van der Waals surface area contributed by atoms with Crippen LogP contribution in [0.1, 0.15) is 34.6 Å². The van der Waals surface area contributed by atoms with Crippen molar-refractivity contribution >= 4 is 148 Å². The van der Waals surface area contributed by atoms with Crippen LogP contribution in [0.25, 0.3) is 0 Å². The van der Waals surface area contributed by atoms with Crippen LogP contribution in [0, 0.1) is 0 Å². The Labute approximate surface area is 228 Å². The van der Waals surface area contributed by atoms with E-state index < -0.39 is 29.8 Å². The van der Waals surface area contributed by atoms with Crippen LogP contribution in [0.4, 0.5) is 0 Å². The van der Waals surface area contributed by atoms with E-state index in [9.17, 15) is 0 Å². The van der Waals surface area contributed by atoms with Crippen LogP contribution >= 0.6 is 0 Å². The second-order valence-corrected chi connectivity index (χ2v) is 2.60. The first-order valence-corrected chi connectivity index (χ1v) is 4.64. The first kappa shape index (κ1) is 56.2. The molecular formula is C10H20Na4O10. The summed E-state index contributed by atoms with van der Waals surface area (Å²) in [4.78, 5) is 45.0. The minimum Gasteiger partial charge on any atom is -0.481 e. The molecule has 0 fully saturated rings. The van der Waals surface area contributed by atoms with Crippen LogP contribution in [0.3, 0.4) is 0 Å². The van der Waals surface area contributed by atoms with Gasteiger partial charge in [-0.25, -0.2) is 0 Å². The average Bonchev–Trinajstić information content (AvgIpc) is 1.94. The zero-order valence-corrected chi connectivity index (χ0v) is 23.8. The molecule has 0 aromatic rings. The van der Waals surface area contributed by atoms with Gasteiger partial charge >= 0.3 is 0 Å².